The SMILES string of the molecule is CN(C)[P+](On1nnc2ccccc21)(N(C)C)N(C)C.ClC1C(Cl)C(Cl)C(Cl)C(Cl)C1Cl.O=P(O)(O)F. The van der Waals surface area contributed by atoms with Crippen LogP contribution >= 0.6 is 85.5 Å². The van der Waals surface area contributed by atoms with Crippen LogP contribution in [-0.2, 0) is 4.57 Å². The zero-order valence-electron chi connectivity index (χ0n) is 20.7. The standard InChI is InChI=1S/C12H22N6OP.C6H6Cl6.FH2O3P/c1-15(2)20(16(3)4,17(5)6)19-18-12-10-8-7-9-11(12)13-14-18;7-1-2(8)4(10)6(12)5(11)3(1)9;1-5(2,3)4/h7-10H,1-6H3;1-6H;(H2,2,3,4)/q+1;;. The van der Waals surface area contributed by atoms with Crippen LogP contribution < -0.4 is 4.62 Å². The molecule has 0 spiro atoms. The van der Waals surface area contributed by atoms with Gasteiger partial charge in [-0.15, -0.1) is 92.9 Å². The molecule has 0 unspecified atom stereocenters. The Hall–Kier alpha value is 0.550. The minimum Gasteiger partial charge on any atom is -0.299 e. The first-order valence-corrected chi connectivity index (χ1v) is 16.1. The molecule has 19 heteroatoms. The second kappa shape index (κ2) is 15.0. The molecule has 3 rings (SSSR count). The topological polar surface area (TPSA) is 107 Å². The molecule has 214 valence electrons. The molecule has 2 aromatic rings. The second-order valence-electron chi connectivity index (χ2n) is 8.23. The maximum atomic E-state index is 10.4. The van der Waals surface area contributed by atoms with Gasteiger partial charge in [-0.3, -0.25) is 9.79 Å². The Kier molecular flexibility index (Phi) is 14.4. The van der Waals surface area contributed by atoms with Gasteiger partial charge >= 0.3 is 15.8 Å². The fourth-order valence-corrected chi connectivity index (χ4v) is 8.60. The Morgan fingerprint density at radius 2 is 1.16 bits per heavy atom. The fraction of sp³-hybridized carbons (Fsp3) is 0.667. The molecule has 1 aliphatic rings. The van der Waals surface area contributed by atoms with Crippen LogP contribution in [0.2, 0.25) is 0 Å². The van der Waals surface area contributed by atoms with Crippen molar-refractivity contribution in [1.29, 1.82) is 0 Å². The van der Waals surface area contributed by atoms with E-state index in [0.717, 1.165) is 11.0 Å². The van der Waals surface area contributed by atoms with Crippen molar-refractivity contribution in [2.45, 2.75) is 32.3 Å². The summed E-state index contributed by atoms with van der Waals surface area (Å²) in [6.45, 7) is 0. The molecule has 0 atom stereocenters. The monoisotopic (exact) mass is 685 g/mol. The van der Waals surface area contributed by atoms with Crippen LogP contribution in [0.4, 0.5) is 4.20 Å². The molecular formula is C18H30Cl6FN6O4P2+. The number of alkyl halides is 6. The van der Waals surface area contributed by atoms with Gasteiger partial charge in [0.25, 0.3) is 0 Å². The molecule has 0 saturated heterocycles. The van der Waals surface area contributed by atoms with Gasteiger partial charge in [0.05, 0.1) is 32.3 Å². The van der Waals surface area contributed by atoms with E-state index in [1.165, 1.54) is 4.85 Å². The molecule has 1 aromatic carbocycles. The Morgan fingerprint density at radius 3 is 1.49 bits per heavy atom. The fourth-order valence-electron chi connectivity index (χ4n) is 3.36. The number of aromatic nitrogens is 3. The smallest absolute Gasteiger partial charge is 0.299 e. The van der Waals surface area contributed by atoms with E-state index in [1.807, 2.05) is 66.6 Å². The van der Waals surface area contributed by atoms with Gasteiger partial charge in [-0.25, -0.2) is 4.57 Å². The first-order valence-electron chi connectivity index (χ1n) is 10.4. The van der Waals surface area contributed by atoms with Crippen molar-refractivity contribution in [2.24, 2.45) is 0 Å². The summed E-state index contributed by atoms with van der Waals surface area (Å²) < 4.78 is 31.5. The van der Waals surface area contributed by atoms with Gasteiger partial charge in [-0.2, -0.15) is 4.62 Å². The zero-order valence-corrected chi connectivity index (χ0v) is 27.0. The molecule has 2 N–H and O–H groups in total. The van der Waals surface area contributed by atoms with E-state index in [1.54, 1.807) is 0 Å². The van der Waals surface area contributed by atoms with Crippen LogP contribution in [0.25, 0.3) is 11.0 Å². The lowest BCUT2D eigenvalue weighted by molar-refractivity contribution is 0.189. The van der Waals surface area contributed by atoms with Gasteiger partial charge in [0.15, 0.2) is 0 Å². The van der Waals surface area contributed by atoms with E-state index in [4.69, 9.17) is 88.6 Å². The highest BCUT2D eigenvalue weighted by atomic mass is 35.5. The largest absolute Gasteiger partial charge is 0.507 e. The van der Waals surface area contributed by atoms with Crippen molar-refractivity contribution in [3.05, 3.63) is 24.3 Å². The van der Waals surface area contributed by atoms with Crippen molar-refractivity contribution in [3.63, 3.8) is 0 Å². The lowest BCUT2D eigenvalue weighted by Crippen LogP contribution is -2.52. The Morgan fingerprint density at radius 1 is 0.838 bits per heavy atom. The van der Waals surface area contributed by atoms with Gasteiger partial charge in [-0.1, -0.05) is 12.1 Å². The van der Waals surface area contributed by atoms with E-state index in [9.17, 15) is 4.20 Å². The van der Waals surface area contributed by atoms with Gasteiger partial charge < -0.3 is 0 Å². The van der Waals surface area contributed by atoms with E-state index >= 15 is 0 Å². The number of benzene rings is 1. The third-order valence-corrected chi connectivity index (χ3v) is 12.4. The minimum absolute atomic E-state index is 0.437. The van der Waals surface area contributed by atoms with Crippen molar-refractivity contribution >= 4 is 96.5 Å². The van der Waals surface area contributed by atoms with Crippen LogP contribution in [0.15, 0.2) is 24.3 Å². The van der Waals surface area contributed by atoms with Crippen LogP contribution in [-0.4, -0.2) is 114 Å². The maximum absolute atomic E-state index is 10.4. The van der Waals surface area contributed by atoms with Gasteiger partial charge in [0.1, 0.15) is 11.0 Å². The molecular weight excluding hydrogens is 658 g/mol. The number of rotatable bonds is 5. The van der Waals surface area contributed by atoms with Crippen molar-refractivity contribution < 1.29 is 23.2 Å². The molecule has 1 aromatic heterocycles. The van der Waals surface area contributed by atoms with E-state index in [-0.39, 0.29) is 0 Å². The summed E-state index contributed by atoms with van der Waals surface area (Å²) in [5.41, 5.74) is 1.68. The van der Waals surface area contributed by atoms with Crippen molar-refractivity contribution in [1.82, 2.24) is 29.2 Å². The van der Waals surface area contributed by atoms with Gasteiger partial charge in [0.2, 0.25) is 0 Å². The summed E-state index contributed by atoms with van der Waals surface area (Å²) in [4.78, 5) is 15.4. The van der Waals surface area contributed by atoms with Crippen LogP contribution in [0.3, 0.4) is 0 Å². The van der Waals surface area contributed by atoms with Gasteiger partial charge in [-0.05, 0) is 22.2 Å². The average Bonchev–Trinajstić information content (AvgIpc) is 3.20. The summed E-state index contributed by atoms with van der Waals surface area (Å²) in [5.74, 6) is 0. The van der Waals surface area contributed by atoms with Gasteiger partial charge in [0, 0.05) is 42.3 Å². The molecule has 0 amide bonds. The molecule has 1 fully saturated rings. The predicted molar refractivity (Wildman–Crippen MR) is 153 cm³/mol. The van der Waals surface area contributed by atoms with Crippen molar-refractivity contribution in [3.8, 4) is 0 Å². The molecule has 0 radical (unpaired) electrons. The van der Waals surface area contributed by atoms with Crippen LogP contribution in [0.5, 0.6) is 0 Å². The lowest BCUT2D eigenvalue weighted by atomic mass is 9.97. The highest BCUT2D eigenvalue weighted by molar-refractivity contribution is 7.64. The van der Waals surface area contributed by atoms with E-state index in [2.05, 4.69) is 24.3 Å². The number of fused-ring (bicyclic) bond motifs is 1. The van der Waals surface area contributed by atoms with Crippen LogP contribution in [0, 0.1) is 0 Å². The lowest BCUT2D eigenvalue weighted by Gasteiger charge is -2.37. The number of hydrogen-bond donors (Lipinski definition) is 2. The average molecular weight is 688 g/mol. The number of halogens is 7. The number of nitrogens with zero attached hydrogens (tertiary/aromatic N) is 6. The summed E-state index contributed by atoms with van der Waals surface area (Å²) in [7, 11) is 4.76. The molecule has 1 saturated carbocycles. The molecule has 10 nitrogen and oxygen atoms in total. The summed E-state index contributed by atoms with van der Waals surface area (Å²) in [6.07, 6.45) is 0. The second-order valence-corrected chi connectivity index (χ2v) is 15.8. The molecule has 37 heavy (non-hydrogen) atoms. The minimum atomic E-state index is -5.14. The van der Waals surface area contributed by atoms with E-state index in [0.29, 0.717) is 0 Å². The van der Waals surface area contributed by atoms with E-state index < -0.39 is 48.1 Å². The number of hydrogen-bond acceptors (Lipinski definition) is 7. The predicted octanol–water partition coefficient (Wildman–Crippen LogP) is 4.92. The highest BCUT2D eigenvalue weighted by Crippen LogP contribution is 2.61. The Bertz CT molecular complexity index is 949. The molecule has 1 aliphatic carbocycles. The first kappa shape index (κ1) is 35.6. The third-order valence-electron chi connectivity index (χ3n) is 4.90. The summed E-state index contributed by atoms with van der Waals surface area (Å²) in [6, 6.07) is 7.76. The molecule has 1 heterocycles. The molecule has 0 bridgehead atoms. The Labute approximate surface area is 246 Å². The highest BCUT2D eigenvalue weighted by Gasteiger charge is 2.54. The quantitative estimate of drug-likeness (QED) is 0.335. The van der Waals surface area contributed by atoms with Crippen molar-refractivity contribution in [2.75, 3.05) is 42.3 Å². The zero-order chi connectivity index (χ0) is 28.9. The summed E-state index contributed by atoms with van der Waals surface area (Å²) >= 11 is 35.3. The summed E-state index contributed by atoms with van der Waals surface area (Å²) in [5, 5.41) is 5.63. The first-order chi connectivity index (χ1) is 16.9. The normalized spacial score (nSPS) is 26.5. The third kappa shape index (κ3) is 9.56. The Balaban J connectivity index is 0.000000340. The molecule has 0 aliphatic heterocycles. The number of para-hydroxylation sites is 1. The van der Waals surface area contributed by atoms with Crippen LogP contribution in [0.1, 0.15) is 0 Å². The maximum Gasteiger partial charge on any atom is 0.507 e.